The van der Waals surface area contributed by atoms with E-state index in [1.54, 1.807) is 0 Å². The molecular formula is C24H33N. The highest BCUT2D eigenvalue weighted by Gasteiger charge is 2.20. The van der Waals surface area contributed by atoms with Crippen LogP contribution in [-0.4, -0.2) is 11.4 Å². The van der Waals surface area contributed by atoms with E-state index in [9.17, 15) is 0 Å². The molecule has 0 bridgehead atoms. The maximum Gasteiger partial charge on any atom is 0.0237 e. The van der Waals surface area contributed by atoms with Gasteiger partial charge < -0.3 is 0 Å². The third-order valence-corrected chi connectivity index (χ3v) is 5.85. The lowest BCUT2D eigenvalue weighted by Gasteiger charge is -2.30. The molecular weight excluding hydrogens is 302 g/mol. The number of rotatable bonds is 8. The summed E-state index contributed by atoms with van der Waals surface area (Å²) in [7, 11) is 0. The molecule has 0 N–H and O–H groups in total. The van der Waals surface area contributed by atoms with Gasteiger partial charge in [0.25, 0.3) is 0 Å². The average Bonchev–Trinajstić information content (AvgIpc) is 2.68. The zero-order valence-corrected chi connectivity index (χ0v) is 15.7. The van der Waals surface area contributed by atoms with E-state index >= 15 is 0 Å². The molecule has 0 spiro atoms. The Morgan fingerprint density at radius 1 is 0.800 bits per heavy atom. The molecule has 1 fully saturated rings. The molecule has 2 aromatic carbocycles. The van der Waals surface area contributed by atoms with Crippen LogP contribution in [0.15, 0.2) is 60.7 Å². The van der Waals surface area contributed by atoms with E-state index < -0.39 is 0 Å². The first-order valence-electron chi connectivity index (χ1n) is 10.1. The molecule has 1 saturated carbocycles. The quantitative estimate of drug-likeness (QED) is 0.547. The van der Waals surface area contributed by atoms with Crippen molar-refractivity contribution >= 4 is 0 Å². The summed E-state index contributed by atoms with van der Waals surface area (Å²) in [5.74, 6) is 1.82. The highest BCUT2D eigenvalue weighted by molar-refractivity contribution is 5.17. The van der Waals surface area contributed by atoms with E-state index in [1.807, 2.05) is 0 Å². The normalized spacial score (nSPS) is 16.9. The van der Waals surface area contributed by atoms with Crippen LogP contribution in [0.2, 0.25) is 0 Å². The van der Waals surface area contributed by atoms with Crippen LogP contribution in [-0.2, 0) is 13.1 Å². The Bertz CT molecular complexity index is 545. The van der Waals surface area contributed by atoms with Crippen LogP contribution in [0.5, 0.6) is 0 Å². The van der Waals surface area contributed by atoms with Crippen molar-refractivity contribution in [3.63, 3.8) is 0 Å². The minimum Gasteiger partial charge on any atom is -0.295 e. The zero-order valence-electron chi connectivity index (χ0n) is 15.7. The lowest BCUT2D eigenvalue weighted by Crippen LogP contribution is -2.27. The first kappa shape index (κ1) is 18.2. The molecule has 1 heteroatoms. The van der Waals surface area contributed by atoms with Crippen molar-refractivity contribution in [2.45, 2.75) is 58.5 Å². The van der Waals surface area contributed by atoms with Gasteiger partial charge in [-0.15, -0.1) is 0 Å². The summed E-state index contributed by atoms with van der Waals surface area (Å²) in [6, 6.07) is 21.8. The maximum absolute atomic E-state index is 2.63. The van der Waals surface area contributed by atoms with Crippen molar-refractivity contribution in [2.24, 2.45) is 11.8 Å². The van der Waals surface area contributed by atoms with Gasteiger partial charge in [-0.05, 0) is 35.9 Å². The topological polar surface area (TPSA) is 3.24 Å². The molecule has 0 amide bonds. The lowest BCUT2D eigenvalue weighted by molar-refractivity contribution is 0.195. The summed E-state index contributed by atoms with van der Waals surface area (Å²) >= 11 is 0. The number of benzene rings is 2. The Kier molecular flexibility index (Phi) is 7.11. The first-order valence-corrected chi connectivity index (χ1v) is 10.1. The lowest BCUT2D eigenvalue weighted by atomic mass is 9.79. The van der Waals surface area contributed by atoms with Crippen molar-refractivity contribution in [2.75, 3.05) is 6.54 Å². The minimum atomic E-state index is 0.856. The van der Waals surface area contributed by atoms with E-state index in [4.69, 9.17) is 0 Å². The average molecular weight is 336 g/mol. The zero-order chi connectivity index (χ0) is 17.3. The summed E-state index contributed by atoms with van der Waals surface area (Å²) in [6.07, 6.45) is 8.60. The predicted octanol–water partition coefficient (Wildman–Crippen LogP) is 6.30. The second-order valence-corrected chi connectivity index (χ2v) is 7.85. The van der Waals surface area contributed by atoms with Crippen molar-refractivity contribution < 1.29 is 0 Å². The summed E-state index contributed by atoms with van der Waals surface area (Å²) in [4.78, 5) is 2.63. The van der Waals surface area contributed by atoms with E-state index in [0.717, 1.165) is 24.9 Å². The first-order chi connectivity index (χ1) is 12.3. The molecule has 1 nitrogen and oxygen atoms in total. The predicted molar refractivity (Wildman–Crippen MR) is 107 cm³/mol. The van der Waals surface area contributed by atoms with Crippen molar-refractivity contribution in [1.82, 2.24) is 4.90 Å². The van der Waals surface area contributed by atoms with Crippen molar-refractivity contribution in [1.29, 1.82) is 0 Å². The molecule has 0 radical (unpaired) electrons. The SMILES string of the molecule is C[C@H](CCN(Cc1ccccc1)Cc1ccccc1)C1CCCCC1. The van der Waals surface area contributed by atoms with Gasteiger partial charge in [0, 0.05) is 13.1 Å². The highest BCUT2D eigenvalue weighted by atomic mass is 15.1. The second-order valence-electron chi connectivity index (χ2n) is 7.85. The molecule has 0 unspecified atom stereocenters. The van der Waals surface area contributed by atoms with Gasteiger partial charge in [0.1, 0.15) is 0 Å². The standard InChI is InChI=1S/C24H33N/c1-21(24-15-9-4-10-16-24)17-18-25(19-22-11-5-2-6-12-22)20-23-13-7-3-8-14-23/h2-3,5-8,11-14,21,24H,4,9-10,15-20H2,1H3/t21-/m1/s1. The molecule has 25 heavy (non-hydrogen) atoms. The molecule has 2 aromatic rings. The van der Waals surface area contributed by atoms with E-state index in [2.05, 4.69) is 72.5 Å². The Morgan fingerprint density at radius 3 is 1.84 bits per heavy atom. The Balaban J connectivity index is 1.59. The molecule has 1 atom stereocenters. The molecule has 0 aromatic heterocycles. The van der Waals surface area contributed by atoms with Gasteiger partial charge in [0.15, 0.2) is 0 Å². The fourth-order valence-corrected chi connectivity index (χ4v) is 4.22. The highest BCUT2D eigenvalue weighted by Crippen LogP contribution is 2.31. The molecule has 1 aliphatic carbocycles. The summed E-state index contributed by atoms with van der Waals surface area (Å²) in [6.45, 7) is 5.78. The van der Waals surface area contributed by atoms with E-state index in [0.29, 0.717) is 0 Å². The maximum atomic E-state index is 2.63. The Labute approximate surface area is 154 Å². The van der Waals surface area contributed by atoms with Crippen LogP contribution in [0.1, 0.15) is 56.6 Å². The fourth-order valence-electron chi connectivity index (χ4n) is 4.22. The van der Waals surface area contributed by atoms with Gasteiger partial charge in [-0.3, -0.25) is 4.90 Å². The largest absolute Gasteiger partial charge is 0.295 e. The molecule has 134 valence electrons. The second kappa shape index (κ2) is 9.77. The third kappa shape index (κ3) is 6.01. The smallest absolute Gasteiger partial charge is 0.0237 e. The van der Waals surface area contributed by atoms with Crippen LogP contribution in [0.4, 0.5) is 0 Å². The summed E-state index contributed by atoms with van der Waals surface area (Å²) in [5.41, 5.74) is 2.84. The van der Waals surface area contributed by atoms with Crippen LogP contribution >= 0.6 is 0 Å². The van der Waals surface area contributed by atoms with Gasteiger partial charge in [-0.2, -0.15) is 0 Å². The van der Waals surface area contributed by atoms with Crippen LogP contribution in [0, 0.1) is 11.8 Å². The van der Waals surface area contributed by atoms with Crippen molar-refractivity contribution in [3.8, 4) is 0 Å². The Hall–Kier alpha value is -1.60. The molecule has 0 aliphatic heterocycles. The van der Waals surface area contributed by atoms with Gasteiger partial charge in [-0.25, -0.2) is 0 Å². The van der Waals surface area contributed by atoms with Crippen LogP contribution in [0.25, 0.3) is 0 Å². The van der Waals surface area contributed by atoms with Gasteiger partial charge in [0.2, 0.25) is 0 Å². The summed E-state index contributed by atoms with van der Waals surface area (Å²) in [5, 5.41) is 0. The number of nitrogens with zero attached hydrogens (tertiary/aromatic N) is 1. The van der Waals surface area contributed by atoms with Crippen LogP contribution in [0.3, 0.4) is 0 Å². The molecule has 0 saturated heterocycles. The molecule has 3 rings (SSSR count). The molecule has 1 aliphatic rings. The van der Waals surface area contributed by atoms with E-state index in [-0.39, 0.29) is 0 Å². The Morgan fingerprint density at radius 2 is 1.32 bits per heavy atom. The third-order valence-electron chi connectivity index (χ3n) is 5.85. The minimum absolute atomic E-state index is 0.856. The number of hydrogen-bond acceptors (Lipinski definition) is 1. The van der Waals surface area contributed by atoms with Crippen molar-refractivity contribution in [3.05, 3.63) is 71.8 Å². The van der Waals surface area contributed by atoms with Gasteiger partial charge >= 0.3 is 0 Å². The van der Waals surface area contributed by atoms with Crippen LogP contribution < -0.4 is 0 Å². The number of hydrogen-bond donors (Lipinski definition) is 0. The fraction of sp³-hybridized carbons (Fsp3) is 0.500. The summed E-state index contributed by atoms with van der Waals surface area (Å²) < 4.78 is 0. The van der Waals surface area contributed by atoms with Gasteiger partial charge in [0.05, 0.1) is 0 Å². The monoisotopic (exact) mass is 335 g/mol. The molecule has 0 heterocycles. The van der Waals surface area contributed by atoms with Gasteiger partial charge in [-0.1, -0.05) is 99.7 Å². The van der Waals surface area contributed by atoms with E-state index in [1.165, 1.54) is 56.2 Å².